The largest absolute Gasteiger partial charge is 0.298 e. The van der Waals surface area contributed by atoms with Crippen molar-refractivity contribution < 1.29 is 18.0 Å². The van der Waals surface area contributed by atoms with Crippen molar-refractivity contribution in [3.8, 4) is 10.4 Å². The number of hydrogen-bond donors (Lipinski definition) is 1. The number of halogens is 3. The Labute approximate surface area is 139 Å². The lowest BCUT2D eigenvalue weighted by atomic mass is 10.2. The van der Waals surface area contributed by atoms with E-state index >= 15 is 0 Å². The summed E-state index contributed by atoms with van der Waals surface area (Å²) < 4.78 is 39.8. The zero-order valence-corrected chi connectivity index (χ0v) is 13.1. The molecule has 122 valence electrons. The molecule has 2 heterocycles. The maximum Gasteiger partial charge on any atom is 0.260 e. The van der Waals surface area contributed by atoms with E-state index in [1.807, 2.05) is 6.07 Å². The minimum Gasteiger partial charge on any atom is -0.298 e. The molecule has 0 saturated heterocycles. The van der Waals surface area contributed by atoms with Crippen LogP contribution in [0.4, 0.5) is 18.3 Å². The number of aryl methyl sites for hydroxylation is 1. The number of nitrogens with zero attached hydrogens (tertiary/aromatic N) is 2. The normalized spacial score (nSPS) is 10.7. The maximum absolute atomic E-state index is 13.7. The zero-order chi connectivity index (χ0) is 17.3. The van der Waals surface area contributed by atoms with Gasteiger partial charge in [0, 0.05) is 18.0 Å². The van der Waals surface area contributed by atoms with E-state index < -0.39 is 28.9 Å². The summed E-state index contributed by atoms with van der Waals surface area (Å²) >= 11 is 1.18. The van der Waals surface area contributed by atoms with Crippen LogP contribution in [-0.4, -0.2) is 15.9 Å². The van der Waals surface area contributed by atoms with Crippen LogP contribution in [0.3, 0.4) is 0 Å². The number of pyridine rings is 1. The highest BCUT2D eigenvalue weighted by Crippen LogP contribution is 2.32. The molecule has 0 saturated carbocycles. The number of benzene rings is 1. The lowest BCUT2D eigenvalue weighted by molar-refractivity contribution is 0.102. The fourth-order valence-corrected chi connectivity index (χ4v) is 3.03. The predicted molar refractivity (Wildman–Crippen MR) is 84.4 cm³/mol. The summed E-state index contributed by atoms with van der Waals surface area (Å²) in [5.74, 6) is -5.48. The molecule has 3 aromatic rings. The molecule has 0 radical (unpaired) electrons. The van der Waals surface area contributed by atoms with Crippen LogP contribution in [0.2, 0.25) is 0 Å². The molecule has 1 aromatic carbocycles. The van der Waals surface area contributed by atoms with Crippen LogP contribution in [0.15, 0.2) is 36.7 Å². The fraction of sp³-hybridized carbons (Fsp3) is 0.0625. The molecule has 4 nitrogen and oxygen atoms in total. The Balaban J connectivity index is 1.87. The Kier molecular flexibility index (Phi) is 4.30. The van der Waals surface area contributed by atoms with Crippen molar-refractivity contribution in [3.63, 3.8) is 0 Å². The summed E-state index contributed by atoms with van der Waals surface area (Å²) in [4.78, 5) is 21.1. The number of carbonyl (C=O) groups excluding carboxylic acids is 1. The number of anilines is 1. The third-order valence-electron chi connectivity index (χ3n) is 3.22. The first-order chi connectivity index (χ1) is 11.5. The van der Waals surface area contributed by atoms with Crippen molar-refractivity contribution in [2.24, 2.45) is 0 Å². The second-order valence-electron chi connectivity index (χ2n) is 4.85. The van der Waals surface area contributed by atoms with Crippen molar-refractivity contribution >= 4 is 22.4 Å². The Morgan fingerprint density at radius 2 is 1.96 bits per heavy atom. The lowest BCUT2D eigenvalue weighted by Crippen LogP contribution is -2.15. The van der Waals surface area contributed by atoms with E-state index in [0.29, 0.717) is 11.8 Å². The average Bonchev–Trinajstić information content (AvgIpc) is 2.93. The standard InChI is InChI=1S/C16H10F3N3OS/c1-8-14(9-3-2-6-20-7-9)24-16(21-8)22-15(23)10-4-5-11(17)13(19)12(10)18/h2-7H,1H3,(H,21,22,23). The Bertz CT molecular complexity index is 912. The van der Waals surface area contributed by atoms with Crippen molar-refractivity contribution in [2.45, 2.75) is 6.92 Å². The van der Waals surface area contributed by atoms with Gasteiger partial charge in [-0.05, 0) is 25.1 Å². The molecule has 0 spiro atoms. The molecular formula is C16H10F3N3OS. The predicted octanol–water partition coefficient (Wildman–Crippen LogP) is 4.18. The van der Waals surface area contributed by atoms with E-state index in [1.54, 1.807) is 25.4 Å². The SMILES string of the molecule is Cc1nc(NC(=O)c2ccc(F)c(F)c2F)sc1-c1cccnc1. The van der Waals surface area contributed by atoms with Crippen molar-refractivity contribution in [2.75, 3.05) is 5.32 Å². The van der Waals surface area contributed by atoms with Gasteiger partial charge in [-0.25, -0.2) is 18.2 Å². The summed E-state index contributed by atoms with van der Waals surface area (Å²) in [6, 6.07) is 5.19. The maximum atomic E-state index is 13.7. The average molecular weight is 349 g/mol. The summed E-state index contributed by atoms with van der Waals surface area (Å²) in [6.45, 7) is 1.76. The quantitative estimate of drug-likeness (QED) is 0.722. The van der Waals surface area contributed by atoms with E-state index in [1.165, 1.54) is 11.3 Å². The van der Waals surface area contributed by atoms with Gasteiger partial charge in [0.2, 0.25) is 0 Å². The van der Waals surface area contributed by atoms with Gasteiger partial charge in [0.05, 0.1) is 16.1 Å². The van der Waals surface area contributed by atoms with Gasteiger partial charge >= 0.3 is 0 Å². The number of thiazole rings is 1. The second kappa shape index (κ2) is 6.40. The van der Waals surface area contributed by atoms with Gasteiger partial charge < -0.3 is 0 Å². The molecule has 3 rings (SSSR count). The van der Waals surface area contributed by atoms with Crippen molar-refractivity contribution in [3.05, 3.63) is 65.4 Å². The van der Waals surface area contributed by atoms with Crippen LogP contribution in [0.25, 0.3) is 10.4 Å². The number of aromatic nitrogens is 2. The van der Waals surface area contributed by atoms with Gasteiger partial charge in [-0.15, -0.1) is 0 Å². The Morgan fingerprint density at radius 1 is 1.17 bits per heavy atom. The summed E-state index contributed by atoms with van der Waals surface area (Å²) in [5.41, 5.74) is 0.894. The smallest absolute Gasteiger partial charge is 0.260 e. The van der Waals surface area contributed by atoms with E-state index in [0.717, 1.165) is 16.5 Å². The minimum absolute atomic E-state index is 0.223. The van der Waals surface area contributed by atoms with Gasteiger partial charge in [0.25, 0.3) is 5.91 Å². The van der Waals surface area contributed by atoms with Gasteiger partial charge in [-0.2, -0.15) is 0 Å². The molecule has 2 aromatic heterocycles. The van der Waals surface area contributed by atoms with E-state index in [9.17, 15) is 18.0 Å². The van der Waals surface area contributed by atoms with E-state index in [2.05, 4.69) is 15.3 Å². The zero-order valence-electron chi connectivity index (χ0n) is 12.3. The van der Waals surface area contributed by atoms with Gasteiger partial charge in [-0.3, -0.25) is 15.1 Å². The van der Waals surface area contributed by atoms with E-state index in [4.69, 9.17) is 0 Å². The molecule has 0 aliphatic carbocycles. The molecule has 8 heteroatoms. The first-order valence-corrected chi connectivity index (χ1v) is 7.61. The van der Waals surface area contributed by atoms with Crippen LogP contribution in [0.5, 0.6) is 0 Å². The van der Waals surface area contributed by atoms with Gasteiger partial charge in [-0.1, -0.05) is 17.4 Å². The van der Waals surface area contributed by atoms with Gasteiger partial charge in [0.15, 0.2) is 22.6 Å². The third-order valence-corrected chi connectivity index (χ3v) is 4.34. The van der Waals surface area contributed by atoms with Crippen LogP contribution in [-0.2, 0) is 0 Å². The van der Waals surface area contributed by atoms with Crippen LogP contribution in [0, 0.1) is 24.4 Å². The monoisotopic (exact) mass is 349 g/mol. The number of hydrogen-bond acceptors (Lipinski definition) is 4. The molecule has 0 atom stereocenters. The molecule has 0 aliphatic rings. The number of rotatable bonds is 3. The molecule has 0 fully saturated rings. The van der Waals surface area contributed by atoms with Crippen molar-refractivity contribution in [1.29, 1.82) is 0 Å². The topological polar surface area (TPSA) is 54.9 Å². The summed E-state index contributed by atoms with van der Waals surface area (Å²) in [6.07, 6.45) is 3.29. The Morgan fingerprint density at radius 3 is 2.67 bits per heavy atom. The molecule has 24 heavy (non-hydrogen) atoms. The van der Waals surface area contributed by atoms with Crippen LogP contribution in [0.1, 0.15) is 16.1 Å². The highest BCUT2D eigenvalue weighted by molar-refractivity contribution is 7.19. The summed E-state index contributed by atoms with van der Waals surface area (Å²) in [7, 11) is 0. The second-order valence-corrected chi connectivity index (χ2v) is 5.85. The highest BCUT2D eigenvalue weighted by atomic mass is 32.1. The van der Waals surface area contributed by atoms with Gasteiger partial charge in [0.1, 0.15) is 0 Å². The molecule has 0 aliphatic heterocycles. The first kappa shape index (κ1) is 16.1. The highest BCUT2D eigenvalue weighted by Gasteiger charge is 2.20. The van der Waals surface area contributed by atoms with Crippen LogP contribution >= 0.6 is 11.3 Å². The molecule has 1 N–H and O–H groups in total. The third kappa shape index (κ3) is 3.00. The number of carbonyl (C=O) groups is 1. The first-order valence-electron chi connectivity index (χ1n) is 6.80. The molecule has 1 amide bonds. The number of amides is 1. The minimum atomic E-state index is -1.69. The summed E-state index contributed by atoms with van der Waals surface area (Å²) in [5, 5.41) is 2.62. The molecule has 0 bridgehead atoms. The van der Waals surface area contributed by atoms with Crippen LogP contribution < -0.4 is 5.32 Å². The molecule has 0 unspecified atom stereocenters. The number of nitrogens with one attached hydrogen (secondary N) is 1. The fourth-order valence-electron chi connectivity index (χ4n) is 2.08. The Hall–Kier alpha value is -2.74. The lowest BCUT2D eigenvalue weighted by Gasteiger charge is -2.04. The van der Waals surface area contributed by atoms with E-state index in [-0.39, 0.29) is 5.13 Å². The molecular weight excluding hydrogens is 339 g/mol. The van der Waals surface area contributed by atoms with Crippen molar-refractivity contribution in [1.82, 2.24) is 9.97 Å².